The van der Waals surface area contributed by atoms with Crippen molar-refractivity contribution in [3.63, 3.8) is 0 Å². The molecule has 15 heavy (non-hydrogen) atoms. The summed E-state index contributed by atoms with van der Waals surface area (Å²) in [5, 5.41) is 0. The molecule has 3 heteroatoms. The number of carbonyl (C=O) groups is 1. The monoisotopic (exact) mass is 214 g/mol. The van der Waals surface area contributed by atoms with Crippen LogP contribution in [-0.2, 0) is 14.3 Å². The van der Waals surface area contributed by atoms with E-state index in [1.54, 1.807) is 0 Å². The van der Waals surface area contributed by atoms with Crippen molar-refractivity contribution in [1.82, 2.24) is 0 Å². The molecular formula is C12H22O3. The molecule has 0 amide bonds. The van der Waals surface area contributed by atoms with Crippen LogP contribution in [0, 0.1) is 0 Å². The Bertz CT molecular complexity index is 211. The molecule has 1 rings (SSSR count). The van der Waals surface area contributed by atoms with Crippen molar-refractivity contribution >= 4 is 5.97 Å². The number of hydrogen-bond donors (Lipinski definition) is 0. The van der Waals surface area contributed by atoms with E-state index in [0.717, 1.165) is 12.8 Å². The highest BCUT2D eigenvalue weighted by atomic mass is 16.7. The summed E-state index contributed by atoms with van der Waals surface area (Å²) in [7, 11) is 0. The number of carbonyl (C=O) groups excluding carboxylic acids is 1. The molecule has 1 unspecified atom stereocenters. The van der Waals surface area contributed by atoms with Gasteiger partial charge in [0.05, 0.1) is 12.0 Å². The summed E-state index contributed by atoms with van der Waals surface area (Å²) in [6, 6.07) is 0. The van der Waals surface area contributed by atoms with Crippen molar-refractivity contribution in [1.29, 1.82) is 0 Å². The lowest BCUT2D eigenvalue weighted by Gasteiger charge is -2.34. The Kier molecular flexibility index (Phi) is 4.58. The molecule has 1 fully saturated rings. The first kappa shape index (κ1) is 12.5. The zero-order valence-corrected chi connectivity index (χ0v) is 10.0. The van der Waals surface area contributed by atoms with Crippen molar-refractivity contribution in [3.8, 4) is 0 Å². The van der Waals surface area contributed by atoms with E-state index < -0.39 is 0 Å². The Morgan fingerprint density at radius 3 is 2.67 bits per heavy atom. The number of rotatable bonds is 5. The Balaban J connectivity index is 2.26. The molecule has 0 aromatic carbocycles. The van der Waals surface area contributed by atoms with Crippen LogP contribution in [0.3, 0.4) is 0 Å². The van der Waals surface area contributed by atoms with Gasteiger partial charge in [-0.05, 0) is 20.3 Å². The lowest BCUT2D eigenvalue weighted by atomic mass is 10.0. The van der Waals surface area contributed by atoms with Gasteiger partial charge in [0, 0.05) is 6.42 Å². The quantitative estimate of drug-likeness (QED) is 0.521. The van der Waals surface area contributed by atoms with Crippen LogP contribution in [0.1, 0.15) is 59.3 Å². The van der Waals surface area contributed by atoms with E-state index in [2.05, 4.69) is 6.92 Å². The van der Waals surface area contributed by atoms with Crippen LogP contribution in [0.2, 0.25) is 0 Å². The average molecular weight is 214 g/mol. The number of hydrogen-bond acceptors (Lipinski definition) is 3. The first-order valence-electron chi connectivity index (χ1n) is 5.91. The summed E-state index contributed by atoms with van der Waals surface area (Å²) in [5.74, 6) is -0.133. The maximum atomic E-state index is 11.3. The number of cyclic esters (lactones) is 1. The van der Waals surface area contributed by atoms with Gasteiger partial charge in [0.15, 0.2) is 0 Å². The Morgan fingerprint density at radius 1 is 1.33 bits per heavy atom. The van der Waals surface area contributed by atoms with Gasteiger partial charge in [0.25, 0.3) is 0 Å². The zero-order valence-electron chi connectivity index (χ0n) is 10.0. The van der Waals surface area contributed by atoms with E-state index in [-0.39, 0.29) is 17.9 Å². The third-order valence-electron chi connectivity index (χ3n) is 2.58. The Morgan fingerprint density at radius 2 is 2.07 bits per heavy atom. The summed E-state index contributed by atoms with van der Waals surface area (Å²) >= 11 is 0. The lowest BCUT2D eigenvalue weighted by molar-refractivity contribution is -0.238. The van der Waals surface area contributed by atoms with E-state index in [1.807, 2.05) is 13.8 Å². The van der Waals surface area contributed by atoms with Crippen LogP contribution < -0.4 is 0 Å². The van der Waals surface area contributed by atoms with Crippen molar-refractivity contribution in [2.24, 2.45) is 0 Å². The highest BCUT2D eigenvalue weighted by molar-refractivity contribution is 5.71. The molecule has 0 aliphatic carbocycles. The standard InChI is InChI=1S/C12H22O3/c1-4-5-6-7-8-11-14-10(13)9-12(2,3)15-11/h11H,4-9H2,1-3H3. The molecule has 0 saturated carbocycles. The summed E-state index contributed by atoms with van der Waals surface area (Å²) < 4.78 is 10.8. The van der Waals surface area contributed by atoms with Crippen LogP contribution in [0.15, 0.2) is 0 Å². The minimum atomic E-state index is -0.356. The van der Waals surface area contributed by atoms with E-state index in [0.29, 0.717) is 6.42 Å². The van der Waals surface area contributed by atoms with Gasteiger partial charge in [-0.2, -0.15) is 0 Å². The number of ether oxygens (including phenoxy) is 2. The second-order valence-electron chi connectivity index (χ2n) is 4.82. The van der Waals surface area contributed by atoms with E-state index in [1.165, 1.54) is 19.3 Å². The highest BCUT2D eigenvalue weighted by Gasteiger charge is 2.34. The van der Waals surface area contributed by atoms with Crippen LogP contribution >= 0.6 is 0 Å². The second kappa shape index (κ2) is 5.50. The minimum Gasteiger partial charge on any atom is -0.436 e. The fourth-order valence-corrected chi connectivity index (χ4v) is 1.81. The molecule has 0 N–H and O–H groups in total. The molecule has 0 aromatic heterocycles. The normalized spacial score (nSPS) is 25.0. The first-order valence-corrected chi connectivity index (χ1v) is 5.91. The first-order chi connectivity index (χ1) is 7.03. The van der Waals surface area contributed by atoms with Gasteiger partial charge in [-0.25, -0.2) is 0 Å². The largest absolute Gasteiger partial charge is 0.436 e. The minimum absolute atomic E-state index is 0.133. The lowest BCUT2D eigenvalue weighted by Crippen LogP contribution is -2.41. The van der Waals surface area contributed by atoms with Gasteiger partial charge in [-0.3, -0.25) is 4.79 Å². The molecule has 1 saturated heterocycles. The van der Waals surface area contributed by atoms with Crippen LogP contribution in [-0.4, -0.2) is 17.9 Å². The second-order valence-corrected chi connectivity index (χ2v) is 4.82. The van der Waals surface area contributed by atoms with Crippen molar-refractivity contribution in [3.05, 3.63) is 0 Å². The van der Waals surface area contributed by atoms with Crippen molar-refractivity contribution < 1.29 is 14.3 Å². The molecule has 88 valence electrons. The van der Waals surface area contributed by atoms with Gasteiger partial charge >= 0.3 is 5.97 Å². The van der Waals surface area contributed by atoms with E-state index in [4.69, 9.17) is 9.47 Å². The van der Waals surface area contributed by atoms with Gasteiger partial charge in [0.2, 0.25) is 6.29 Å². The zero-order chi connectivity index (χ0) is 11.3. The molecule has 1 heterocycles. The fraction of sp³-hybridized carbons (Fsp3) is 0.917. The number of unbranched alkanes of at least 4 members (excludes halogenated alkanes) is 3. The number of esters is 1. The highest BCUT2D eigenvalue weighted by Crippen LogP contribution is 2.26. The summed E-state index contributed by atoms with van der Waals surface area (Å²) in [6.45, 7) is 6.05. The van der Waals surface area contributed by atoms with Crippen LogP contribution in [0.4, 0.5) is 0 Å². The maximum absolute atomic E-state index is 11.3. The molecule has 1 aliphatic rings. The van der Waals surface area contributed by atoms with E-state index in [9.17, 15) is 4.79 Å². The average Bonchev–Trinajstić information content (AvgIpc) is 2.09. The summed E-state index contributed by atoms with van der Waals surface area (Å²) in [4.78, 5) is 11.3. The van der Waals surface area contributed by atoms with E-state index >= 15 is 0 Å². The summed E-state index contributed by atoms with van der Waals surface area (Å²) in [5.41, 5.74) is -0.356. The molecule has 1 atom stereocenters. The predicted molar refractivity (Wildman–Crippen MR) is 58.4 cm³/mol. The predicted octanol–water partition coefficient (Wildman–Crippen LogP) is 3.03. The smallest absolute Gasteiger partial charge is 0.311 e. The van der Waals surface area contributed by atoms with Crippen molar-refractivity contribution in [2.45, 2.75) is 71.2 Å². The van der Waals surface area contributed by atoms with Gasteiger partial charge in [-0.15, -0.1) is 0 Å². The molecule has 1 aliphatic heterocycles. The molecule has 0 aromatic rings. The maximum Gasteiger partial charge on any atom is 0.311 e. The molecule has 0 spiro atoms. The third-order valence-corrected chi connectivity index (χ3v) is 2.58. The van der Waals surface area contributed by atoms with Gasteiger partial charge in [0.1, 0.15) is 0 Å². The summed E-state index contributed by atoms with van der Waals surface area (Å²) in [6.07, 6.45) is 5.59. The van der Waals surface area contributed by atoms with Crippen molar-refractivity contribution in [2.75, 3.05) is 0 Å². The van der Waals surface area contributed by atoms with Gasteiger partial charge < -0.3 is 9.47 Å². The van der Waals surface area contributed by atoms with Crippen LogP contribution in [0.25, 0.3) is 0 Å². The Labute approximate surface area is 92.1 Å². The SMILES string of the molecule is CCCCCCC1OC(=O)CC(C)(C)O1. The Hall–Kier alpha value is -0.570. The fourth-order valence-electron chi connectivity index (χ4n) is 1.81. The molecule has 3 nitrogen and oxygen atoms in total. The van der Waals surface area contributed by atoms with Crippen LogP contribution in [0.5, 0.6) is 0 Å². The van der Waals surface area contributed by atoms with Gasteiger partial charge in [-0.1, -0.05) is 26.2 Å². The molecular weight excluding hydrogens is 192 g/mol. The molecule has 0 radical (unpaired) electrons. The third kappa shape index (κ3) is 4.65. The molecule has 0 bridgehead atoms. The topological polar surface area (TPSA) is 35.5 Å².